The molecule has 18 heavy (non-hydrogen) atoms. The van der Waals surface area contributed by atoms with Gasteiger partial charge in [-0.15, -0.1) is 12.3 Å². The SMILES string of the molecule is C#CCCNS(=O)(=O)c1ccc([N+](=O)[O-])c(F)c1. The molecular formula is C10H9FN2O4S. The van der Waals surface area contributed by atoms with Crippen LogP contribution in [0.4, 0.5) is 10.1 Å². The summed E-state index contributed by atoms with van der Waals surface area (Å²) in [6, 6.07) is 2.35. The third-order valence-electron chi connectivity index (χ3n) is 1.99. The van der Waals surface area contributed by atoms with Crippen molar-refractivity contribution in [2.24, 2.45) is 0 Å². The van der Waals surface area contributed by atoms with E-state index < -0.39 is 26.5 Å². The lowest BCUT2D eigenvalue weighted by Gasteiger charge is -2.05. The smallest absolute Gasteiger partial charge is 0.258 e. The Bertz CT molecular complexity index is 607. The Balaban J connectivity index is 3.01. The van der Waals surface area contributed by atoms with Gasteiger partial charge < -0.3 is 0 Å². The number of terminal acetylenes is 1. The quantitative estimate of drug-likeness (QED) is 0.375. The van der Waals surface area contributed by atoms with E-state index in [1.54, 1.807) is 0 Å². The Morgan fingerprint density at radius 2 is 2.17 bits per heavy atom. The van der Waals surface area contributed by atoms with Gasteiger partial charge in [0.2, 0.25) is 15.8 Å². The number of hydrogen-bond donors (Lipinski definition) is 1. The Kier molecular flexibility index (Phi) is 4.36. The minimum atomic E-state index is -3.91. The van der Waals surface area contributed by atoms with Crippen molar-refractivity contribution in [3.63, 3.8) is 0 Å². The first-order valence-corrected chi connectivity index (χ1v) is 6.24. The third kappa shape index (κ3) is 3.26. The molecule has 0 fully saturated rings. The van der Waals surface area contributed by atoms with Gasteiger partial charge in [-0.25, -0.2) is 13.1 Å². The average molecular weight is 272 g/mol. The number of nitrogens with zero attached hydrogens (tertiary/aromatic N) is 1. The van der Waals surface area contributed by atoms with Crippen LogP contribution in [0, 0.1) is 28.3 Å². The summed E-state index contributed by atoms with van der Waals surface area (Å²) in [7, 11) is -3.91. The summed E-state index contributed by atoms with van der Waals surface area (Å²) in [6.45, 7) is 0.0113. The molecular weight excluding hydrogens is 263 g/mol. The molecule has 1 aromatic rings. The number of nitro groups is 1. The van der Waals surface area contributed by atoms with Gasteiger partial charge >= 0.3 is 5.69 Å². The second kappa shape index (κ2) is 5.57. The molecule has 0 aliphatic rings. The maximum absolute atomic E-state index is 13.3. The normalized spacial score (nSPS) is 10.9. The fraction of sp³-hybridized carbons (Fsp3) is 0.200. The monoisotopic (exact) mass is 272 g/mol. The molecule has 0 unspecified atom stereocenters. The van der Waals surface area contributed by atoms with Crippen LogP contribution in [0.15, 0.2) is 23.1 Å². The van der Waals surface area contributed by atoms with E-state index in [9.17, 15) is 22.9 Å². The lowest BCUT2D eigenvalue weighted by atomic mass is 10.3. The highest BCUT2D eigenvalue weighted by molar-refractivity contribution is 7.89. The summed E-state index contributed by atoms with van der Waals surface area (Å²) < 4.78 is 38.6. The van der Waals surface area contributed by atoms with Crippen LogP contribution in [-0.2, 0) is 10.0 Å². The number of rotatable bonds is 5. The van der Waals surface area contributed by atoms with Gasteiger partial charge in [-0.2, -0.15) is 4.39 Å². The Labute approximate surface area is 103 Å². The number of nitrogens with one attached hydrogen (secondary N) is 1. The highest BCUT2D eigenvalue weighted by Gasteiger charge is 2.20. The molecule has 0 amide bonds. The van der Waals surface area contributed by atoms with Crippen LogP contribution < -0.4 is 4.72 Å². The van der Waals surface area contributed by atoms with E-state index in [0.29, 0.717) is 6.07 Å². The van der Waals surface area contributed by atoms with E-state index >= 15 is 0 Å². The Morgan fingerprint density at radius 3 is 2.67 bits per heavy atom. The van der Waals surface area contributed by atoms with Crippen LogP contribution in [-0.4, -0.2) is 19.9 Å². The van der Waals surface area contributed by atoms with Gasteiger partial charge in [0.25, 0.3) is 0 Å². The fourth-order valence-corrected chi connectivity index (χ4v) is 2.19. The second-order valence-electron chi connectivity index (χ2n) is 3.22. The van der Waals surface area contributed by atoms with Crippen LogP contribution in [0.2, 0.25) is 0 Å². The molecule has 0 heterocycles. The minimum absolute atomic E-state index is 0.0113. The van der Waals surface area contributed by atoms with Crippen molar-refractivity contribution in [1.82, 2.24) is 4.72 Å². The molecule has 6 nitrogen and oxygen atoms in total. The van der Waals surface area contributed by atoms with Gasteiger partial charge in [0, 0.05) is 25.1 Å². The number of halogens is 1. The highest BCUT2D eigenvalue weighted by Crippen LogP contribution is 2.20. The molecule has 0 radical (unpaired) electrons. The fourth-order valence-electron chi connectivity index (χ4n) is 1.14. The second-order valence-corrected chi connectivity index (χ2v) is 4.99. The molecule has 1 aromatic carbocycles. The molecule has 1 rings (SSSR count). The van der Waals surface area contributed by atoms with Crippen LogP contribution in [0.25, 0.3) is 0 Å². The standard InChI is InChI=1S/C10H9FN2O4S/c1-2-3-6-12-18(16,17)8-4-5-10(13(14)15)9(11)7-8/h1,4-5,7,12H,3,6H2. The minimum Gasteiger partial charge on any atom is -0.258 e. The van der Waals surface area contributed by atoms with Gasteiger partial charge in [-0.05, 0) is 6.07 Å². The molecule has 8 heteroatoms. The lowest BCUT2D eigenvalue weighted by Crippen LogP contribution is -2.24. The van der Waals surface area contributed by atoms with Crippen molar-refractivity contribution < 1.29 is 17.7 Å². The maximum atomic E-state index is 13.3. The van der Waals surface area contributed by atoms with Crippen LogP contribution in [0.5, 0.6) is 0 Å². The zero-order chi connectivity index (χ0) is 13.8. The summed E-state index contributed by atoms with van der Waals surface area (Å²) in [4.78, 5) is 9.05. The van der Waals surface area contributed by atoms with Crippen molar-refractivity contribution in [2.75, 3.05) is 6.54 Å². The highest BCUT2D eigenvalue weighted by atomic mass is 32.2. The number of hydrogen-bond acceptors (Lipinski definition) is 4. The summed E-state index contributed by atoms with van der Waals surface area (Å²) in [5, 5.41) is 10.4. The third-order valence-corrected chi connectivity index (χ3v) is 3.45. The molecule has 0 aromatic heterocycles. The van der Waals surface area contributed by atoms with Gasteiger partial charge in [0.1, 0.15) is 0 Å². The molecule has 0 aliphatic carbocycles. The first-order chi connectivity index (χ1) is 8.38. The number of benzene rings is 1. The molecule has 0 bridgehead atoms. The van der Waals surface area contributed by atoms with Crippen LogP contribution >= 0.6 is 0 Å². The van der Waals surface area contributed by atoms with Gasteiger partial charge in [-0.1, -0.05) is 0 Å². The van der Waals surface area contributed by atoms with E-state index in [4.69, 9.17) is 6.42 Å². The largest absolute Gasteiger partial charge is 0.304 e. The maximum Gasteiger partial charge on any atom is 0.304 e. The lowest BCUT2D eigenvalue weighted by molar-refractivity contribution is -0.387. The molecule has 0 atom stereocenters. The average Bonchev–Trinajstić information content (AvgIpc) is 2.28. The Hall–Kier alpha value is -1.98. The molecule has 0 saturated carbocycles. The molecule has 0 spiro atoms. The number of sulfonamides is 1. The number of nitro benzene ring substituents is 1. The zero-order valence-corrected chi connectivity index (χ0v) is 9.91. The summed E-state index contributed by atoms with van der Waals surface area (Å²) in [6.07, 6.45) is 5.14. The molecule has 0 saturated heterocycles. The van der Waals surface area contributed by atoms with Gasteiger partial charge in [0.15, 0.2) is 0 Å². The van der Waals surface area contributed by atoms with Crippen molar-refractivity contribution in [3.05, 3.63) is 34.1 Å². The molecule has 0 aliphatic heterocycles. The van der Waals surface area contributed by atoms with Crippen LogP contribution in [0.3, 0.4) is 0 Å². The summed E-state index contributed by atoms with van der Waals surface area (Å²) >= 11 is 0. The first-order valence-electron chi connectivity index (χ1n) is 4.75. The van der Waals surface area contributed by atoms with E-state index in [1.165, 1.54) is 0 Å². The predicted octanol–water partition coefficient (Wildman–Crippen LogP) is 1.04. The van der Waals surface area contributed by atoms with Gasteiger partial charge in [0.05, 0.1) is 9.82 Å². The topological polar surface area (TPSA) is 89.3 Å². The van der Waals surface area contributed by atoms with Gasteiger partial charge in [-0.3, -0.25) is 10.1 Å². The van der Waals surface area contributed by atoms with E-state index in [-0.39, 0.29) is 17.9 Å². The van der Waals surface area contributed by atoms with E-state index in [0.717, 1.165) is 12.1 Å². The summed E-state index contributed by atoms with van der Waals surface area (Å²) in [5.74, 6) is 1.03. The Morgan fingerprint density at radius 1 is 1.50 bits per heavy atom. The molecule has 96 valence electrons. The first kappa shape index (κ1) is 14.1. The van der Waals surface area contributed by atoms with Crippen molar-refractivity contribution in [1.29, 1.82) is 0 Å². The van der Waals surface area contributed by atoms with Crippen LogP contribution in [0.1, 0.15) is 6.42 Å². The van der Waals surface area contributed by atoms with Crippen molar-refractivity contribution >= 4 is 15.7 Å². The van der Waals surface area contributed by atoms with E-state index in [1.807, 2.05) is 0 Å². The van der Waals surface area contributed by atoms with E-state index in [2.05, 4.69) is 10.6 Å². The zero-order valence-electron chi connectivity index (χ0n) is 9.09. The van der Waals surface area contributed by atoms with Crippen molar-refractivity contribution in [3.8, 4) is 12.3 Å². The predicted molar refractivity (Wildman–Crippen MR) is 61.7 cm³/mol. The summed E-state index contributed by atoms with van der Waals surface area (Å²) in [5.41, 5.74) is -0.780. The van der Waals surface area contributed by atoms with Crippen molar-refractivity contribution in [2.45, 2.75) is 11.3 Å². The molecule has 1 N–H and O–H groups in total.